The molecule has 2 heterocycles. The molecule has 0 saturated carbocycles. The lowest BCUT2D eigenvalue weighted by Gasteiger charge is -2.26. The molecular weight excluding hydrogens is 464 g/mol. The Balaban J connectivity index is 1.70. The molecule has 0 saturated heterocycles. The lowest BCUT2D eigenvalue weighted by Crippen LogP contribution is -2.22. The fraction of sp³-hybridized carbons (Fsp3) is 0.214. The number of phenols is 2. The van der Waals surface area contributed by atoms with E-state index >= 15 is 0 Å². The molecule has 0 unspecified atom stereocenters. The molecule has 1 aliphatic heterocycles. The summed E-state index contributed by atoms with van der Waals surface area (Å²) in [5.74, 6) is -0.0972. The van der Waals surface area contributed by atoms with Crippen LogP contribution in [0, 0.1) is 0 Å². The Morgan fingerprint density at radius 3 is 2.44 bits per heavy atom. The van der Waals surface area contributed by atoms with Gasteiger partial charge in [-0.2, -0.15) is 0 Å². The smallest absolute Gasteiger partial charge is 0.312 e. The third-order valence-corrected chi connectivity index (χ3v) is 6.10. The summed E-state index contributed by atoms with van der Waals surface area (Å²) >= 11 is 0. The van der Waals surface area contributed by atoms with Crippen LogP contribution in [-0.2, 0) is 4.79 Å². The molecule has 1 aliphatic rings. The number of hydrogen-bond acceptors (Lipinski definition) is 8. The quantitative estimate of drug-likeness (QED) is 0.294. The number of aromatic hydroxyl groups is 2. The van der Waals surface area contributed by atoms with E-state index in [-0.39, 0.29) is 46.3 Å². The van der Waals surface area contributed by atoms with Crippen molar-refractivity contribution in [2.75, 3.05) is 7.11 Å². The average Bonchev–Trinajstić information content (AvgIpc) is 2.84. The molecule has 8 heteroatoms. The number of hydrogen-bond donors (Lipinski definition) is 2. The summed E-state index contributed by atoms with van der Waals surface area (Å²) in [5, 5.41) is 20.3. The van der Waals surface area contributed by atoms with Crippen molar-refractivity contribution in [3.8, 4) is 39.9 Å². The molecule has 5 rings (SSSR count). The van der Waals surface area contributed by atoms with Crippen LogP contribution in [0.5, 0.6) is 28.7 Å². The maximum absolute atomic E-state index is 13.4. The van der Waals surface area contributed by atoms with E-state index in [1.54, 1.807) is 24.3 Å². The zero-order valence-corrected chi connectivity index (χ0v) is 19.9. The minimum atomic E-state index is -0.519. The van der Waals surface area contributed by atoms with Crippen LogP contribution in [0.1, 0.15) is 37.3 Å². The summed E-state index contributed by atoms with van der Waals surface area (Å²) in [4.78, 5) is 25.9. The van der Waals surface area contributed by atoms with Crippen LogP contribution in [0.2, 0.25) is 0 Å². The van der Waals surface area contributed by atoms with E-state index in [2.05, 4.69) is 0 Å². The minimum absolute atomic E-state index is 0.00381. The molecule has 0 amide bonds. The lowest BCUT2D eigenvalue weighted by molar-refractivity contribution is -0.135. The largest absolute Gasteiger partial charge is 0.508 e. The van der Waals surface area contributed by atoms with Gasteiger partial charge in [-0.1, -0.05) is 18.2 Å². The lowest BCUT2D eigenvalue weighted by atomic mass is 9.84. The van der Waals surface area contributed by atoms with Gasteiger partial charge >= 0.3 is 5.97 Å². The van der Waals surface area contributed by atoms with Crippen LogP contribution in [-0.4, -0.2) is 29.4 Å². The zero-order chi connectivity index (χ0) is 25.6. The molecule has 184 valence electrons. The average molecular weight is 488 g/mol. The molecule has 8 nitrogen and oxygen atoms in total. The summed E-state index contributed by atoms with van der Waals surface area (Å²) in [6.07, 6.45) is 1.26. The van der Waals surface area contributed by atoms with Crippen LogP contribution in [0.3, 0.4) is 0 Å². The predicted octanol–water partition coefficient (Wildman–Crippen LogP) is 5.11. The second-order valence-electron chi connectivity index (χ2n) is 8.84. The van der Waals surface area contributed by atoms with Crippen molar-refractivity contribution in [2.45, 2.75) is 32.3 Å². The number of fused-ring (bicyclic) bond motifs is 3. The van der Waals surface area contributed by atoms with Crippen molar-refractivity contribution < 1.29 is 33.6 Å². The van der Waals surface area contributed by atoms with E-state index in [4.69, 9.17) is 18.6 Å². The van der Waals surface area contributed by atoms with Gasteiger partial charge in [-0.05, 0) is 49.2 Å². The number of esters is 1. The van der Waals surface area contributed by atoms with Gasteiger partial charge in [0.2, 0.25) is 5.43 Å². The van der Waals surface area contributed by atoms with Crippen molar-refractivity contribution in [1.29, 1.82) is 0 Å². The van der Waals surface area contributed by atoms with E-state index in [1.807, 2.05) is 19.9 Å². The third-order valence-electron chi connectivity index (χ3n) is 6.10. The monoisotopic (exact) mass is 488 g/mol. The number of phenolic OH excluding ortho intramolecular Hbond substituents is 2. The topological polar surface area (TPSA) is 115 Å². The maximum Gasteiger partial charge on any atom is 0.312 e. The van der Waals surface area contributed by atoms with Gasteiger partial charge in [0.25, 0.3) is 0 Å². The van der Waals surface area contributed by atoms with Gasteiger partial charge in [-0.3, -0.25) is 9.59 Å². The number of rotatable bonds is 5. The van der Waals surface area contributed by atoms with Gasteiger partial charge in [0.15, 0.2) is 11.5 Å². The summed E-state index contributed by atoms with van der Waals surface area (Å²) in [5.41, 5.74) is 1.65. The molecule has 4 aromatic rings. The number of carbonyl (C=O) groups is 1. The maximum atomic E-state index is 13.4. The van der Waals surface area contributed by atoms with Gasteiger partial charge in [0.1, 0.15) is 34.5 Å². The molecule has 36 heavy (non-hydrogen) atoms. The number of methoxy groups -OCH3 is 1. The van der Waals surface area contributed by atoms with Crippen molar-refractivity contribution in [3.05, 3.63) is 76.1 Å². The van der Waals surface area contributed by atoms with Crippen molar-refractivity contribution in [3.63, 3.8) is 0 Å². The first-order chi connectivity index (χ1) is 17.3. The van der Waals surface area contributed by atoms with Gasteiger partial charge in [-0.25, -0.2) is 0 Å². The van der Waals surface area contributed by atoms with Crippen LogP contribution >= 0.6 is 0 Å². The van der Waals surface area contributed by atoms with Crippen molar-refractivity contribution in [1.82, 2.24) is 0 Å². The van der Waals surface area contributed by atoms with Crippen LogP contribution in [0.25, 0.3) is 22.1 Å². The third kappa shape index (κ3) is 4.00. The standard InChI is InChI=1S/C28H24O8/c1-14(2)35-21-9-6-16(10-22(21)33-3)18-11-24(31)36-23-12-20(30)26-27(32)19(13-34-28(26)25(18)23)15-4-7-17(29)8-5-15/h4-10,12-14,18,29-30H,11H2,1-3H3/t18-/m1/s1. The molecule has 2 N–H and O–H groups in total. The van der Waals surface area contributed by atoms with Crippen molar-refractivity contribution >= 4 is 16.9 Å². The highest BCUT2D eigenvalue weighted by Gasteiger charge is 2.34. The highest BCUT2D eigenvalue weighted by atomic mass is 16.5. The Labute approximate surface area is 206 Å². The fourth-order valence-electron chi connectivity index (χ4n) is 4.51. The van der Waals surface area contributed by atoms with E-state index < -0.39 is 17.3 Å². The van der Waals surface area contributed by atoms with Crippen molar-refractivity contribution in [2.24, 2.45) is 0 Å². The molecule has 3 aromatic carbocycles. The summed E-state index contributed by atoms with van der Waals surface area (Å²) in [6, 6.07) is 12.7. The zero-order valence-electron chi connectivity index (χ0n) is 19.9. The Kier molecular flexibility index (Phi) is 5.80. The summed E-state index contributed by atoms with van der Waals surface area (Å²) in [6.45, 7) is 3.82. The number of benzene rings is 3. The molecule has 1 atom stereocenters. The molecule has 1 aromatic heterocycles. The van der Waals surface area contributed by atoms with Gasteiger partial charge < -0.3 is 28.8 Å². The van der Waals surface area contributed by atoms with E-state index in [0.717, 1.165) is 5.56 Å². The Morgan fingerprint density at radius 2 is 1.75 bits per heavy atom. The molecule has 0 bridgehead atoms. The van der Waals surface area contributed by atoms with Gasteiger partial charge in [0.05, 0.1) is 25.2 Å². The normalized spacial score (nSPS) is 15.0. The highest BCUT2D eigenvalue weighted by molar-refractivity contribution is 5.94. The van der Waals surface area contributed by atoms with Crippen LogP contribution in [0.4, 0.5) is 0 Å². The Hall–Kier alpha value is -4.46. The molecule has 0 fully saturated rings. The fourth-order valence-corrected chi connectivity index (χ4v) is 4.51. The van der Waals surface area contributed by atoms with E-state index in [0.29, 0.717) is 22.6 Å². The molecular formula is C28H24O8. The van der Waals surface area contributed by atoms with Gasteiger partial charge in [0, 0.05) is 17.5 Å². The van der Waals surface area contributed by atoms with Crippen LogP contribution < -0.4 is 19.6 Å². The second-order valence-corrected chi connectivity index (χ2v) is 8.84. The van der Waals surface area contributed by atoms with E-state index in [9.17, 15) is 19.8 Å². The van der Waals surface area contributed by atoms with Gasteiger partial charge in [-0.15, -0.1) is 0 Å². The first-order valence-electron chi connectivity index (χ1n) is 11.4. The Morgan fingerprint density at radius 1 is 1.00 bits per heavy atom. The minimum Gasteiger partial charge on any atom is -0.508 e. The number of carbonyl (C=O) groups excluding carboxylic acids is 1. The second kappa shape index (κ2) is 8.96. The number of ether oxygens (including phenoxy) is 3. The first kappa shape index (κ1) is 23.3. The van der Waals surface area contributed by atoms with Crippen LogP contribution in [0.15, 0.2) is 64.0 Å². The first-order valence-corrected chi connectivity index (χ1v) is 11.4. The molecule has 0 aliphatic carbocycles. The summed E-state index contributed by atoms with van der Waals surface area (Å²) in [7, 11) is 1.53. The summed E-state index contributed by atoms with van der Waals surface area (Å²) < 4.78 is 22.7. The SMILES string of the molecule is COc1cc([C@H]2CC(=O)Oc3cc(O)c4c(=O)c(-c5ccc(O)cc5)coc4c32)ccc1OC(C)C. The van der Waals surface area contributed by atoms with E-state index in [1.165, 1.54) is 31.6 Å². The predicted molar refractivity (Wildman–Crippen MR) is 132 cm³/mol. The molecule has 0 radical (unpaired) electrons. The Bertz CT molecular complexity index is 1530. The highest BCUT2D eigenvalue weighted by Crippen LogP contribution is 2.47. The molecule has 0 spiro atoms.